The van der Waals surface area contributed by atoms with E-state index in [0.29, 0.717) is 6.54 Å². The number of aliphatic imine (C=N–C) groups is 1. The van der Waals surface area contributed by atoms with E-state index < -0.39 is 0 Å². The predicted octanol–water partition coefficient (Wildman–Crippen LogP) is 3.05. The molecule has 0 saturated carbocycles. The van der Waals surface area contributed by atoms with E-state index in [9.17, 15) is 0 Å². The van der Waals surface area contributed by atoms with E-state index in [-0.39, 0.29) is 6.04 Å². The largest absolute Gasteiger partial charge is 0.497 e. The summed E-state index contributed by atoms with van der Waals surface area (Å²) in [6.07, 6.45) is 0. The number of hydrogen-bond donors (Lipinski definition) is 2. The van der Waals surface area contributed by atoms with Gasteiger partial charge >= 0.3 is 0 Å². The second-order valence-electron chi connectivity index (χ2n) is 6.32. The molecular formula is C21H30N4O. The zero-order chi connectivity index (χ0) is 18.8. The van der Waals surface area contributed by atoms with Crippen LogP contribution in [0.25, 0.3) is 0 Å². The molecule has 2 aromatic carbocycles. The van der Waals surface area contributed by atoms with Crippen molar-refractivity contribution >= 4 is 5.96 Å². The van der Waals surface area contributed by atoms with Crippen LogP contribution in [0.2, 0.25) is 0 Å². The lowest BCUT2D eigenvalue weighted by Crippen LogP contribution is -2.41. The average Bonchev–Trinajstić information content (AvgIpc) is 2.67. The smallest absolute Gasteiger partial charge is 0.191 e. The molecule has 0 bridgehead atoms. The molecule has 0 fully saturated rings. The molecule has 0 amide bonds. The van der Waals surface area contributed by atoms with E-state index in [2.05, 4.69) is 60.8 Å². The standard InChI is InChI=1S/C21H30N4O/c1-5-22-21(23-15-17-10-7-6-8-11-17)24-16-20(25(2)3)18-12-9-13-19(14-18)26-4/h6-14,20H,5,15-16H2,1-4H3,(H2,22,23,24). The van der Waals surface area contributed by atoms with Gasteiger partial charge in [0.2, 0.25) is 0 Å². The topological polar surface area (TPSA) is 48.9 Å². The maximum atomic E-state index is 5.36. The van der Waals surface area contributed by atoms with Crippen LogP contribution in [0.4, 0.5) is 0 Å². The van der Waals surface area contributed by atoms with E-state index in [1.807, 2.05) is 30.3 Å². The molecule has 2 N–H and O–H groups in total. The Kier molecular flexibility index (Phi) is 7.96. The van der Waals surface area contributed by atoms with Crippen molar-refractivity contribution in [3.63, 3.8) is 0 Å². The van der Waals surface area contributed by atoms with Crippen LogP contribution in [0.5, 0.6) is 5.75 Å². The highest BCUT2D eigenvalue weighted by atomic mass is 16.5. The van der Waals surface area contributed by atoms with Crippen LogP contribution in [-0.4, -0.2) is 45.2 Å². The van der Waals surface area contributed by atoms with Crippen LogP contribution in [-0.2, 0) is 6.54 Å². The van der Waals surface area contributed by atoms with Gasteiger partial charge in [0.05, 0.1) is 19.7 Å². The van der Waals surface area contributed by atoms with Crippen LogP contribution >= 0.6 is 0 Å². The number of nitrogens with zero attached hydrogens (tertiary/aromatic N) is 2. The Morgan fingerprint density at radius 3 is 2.50 bits per heavy atom. The van der Waals surface area contributed by atoms with Gasteiger partial charge in [-0.3, -0.25) is 0 Å². The van der Waals surface area contributed by atoms with Gasteiger partial charge in [-0.1, -0.05) is 42.5 Å². The summed E-state index contributed by atoms with van der Waals surface area (Å²) in [6, 6.07) is 18.7. The molecule has 2 aromatic rings. The van der Waals surface area contributed by atoms with Gasteiger partial charge in [0, 0.05) is 13.1 Å². The van der Waals surface area contributed by atoms with Crippen molar-refractivity contribution in [3.05, 3.63) is 65.7 Å². The van der Waals surface area contributed by atoms with E-state index >= 15 is 0 Å². The Balaban J connectivity index is 2.06. The van der Waals surface area contributed by atoms with Gasteiger partial charge < -0.3 is 20.3 Å². The maximum Gasteiger partial charge on any atom is 0.191 e. The number of likely N-dealkylation sites (N-methyl/N-ethyl adjacent to an activating group) is 1. The van der Waals surface area contributed by atoms with Gasteiger partial charge in [-0.05, 0) is 44.3 Å². The SMILES string of the molecule is CCNC(=NCc1ccccc1)NCC(c1cccc(OC)c1)N(C)C. The molecule has 1 atom stereocenters. The van der Waals surface area contributed by atoms with Crippen molar-refractivity contribution < 1.29 is 4.74 Å². The molecule has 140 valence electrons. The van der Waals surface area contributed by atoms with Crippen LogP contribution in [0, 0.1) is 0 Å². The van der Waals surface area contributed by atoms with Crippen LogP contribution < -0.4 is 15.4 Å². The summed E-state index contributed by atoms with van der Waals surface area (Å²) in [5, 5.41) is 6.78. The third-order valence-corrected chi connectivity index (χ3v) is 4.17. The lowest BCUT2D eigenvalue weighted by atomic mass is 10.1. The highest BCUT2D eigenvalue weighted by molar-refractivity contribution is 5.79. The minimum absolute atomic E-state index is 0.214. The summed E-state index contributed by atoms with van der Waals surface area (Å²) in [5.41, 5.74) is 2.41. The number of methoxy groups -OCH3 is 1. The van der Waals surface area contributed by atoms with Crippen molar-refractivity contribution in [2.45, 2.75) is 19.5 Å². The first-order valence-corrected chi connectivity index (χ1v) is 9.00. The summed E-state index contributed by atoms with van der Waals surface area (Å²) >= 11 is 0. The lowest BCUT2D eigenvalue weighted by molar-refractivity contribution is 0.297. The lowest BCUT2D eigenvalue weighted by Gasteiger charge is -2.26. The van der Waals surface area contributed by atoms with Gasteiger partial charge in [-0.25, -0.2) is 4.99 Å². The average molecular weight is 354 g/mol. The van der Waals surface area contributed by atoms with E-state index in [1.165, 1.54) is 11.1 Å². The minimum Gasteiger partial charge on any atom is -0.497 e. The minimum atomic E-state index is 0.214. The van der Waals surface area contributed by atoms with Crippen molar-refractivity contribution in [2.75, 3.05) is 34.3 Å². The molecule has 0 aliphatic rings. The van der Waals surface area contributed by atoms with E-state index in [1.54, 1.807) is 7.11 Å². The second-order valence-corrected chi connectivity index (χ2v) is 6.32. The van der Waals surface area contributed by atoms with Crippen molar-refractivity contribution in [3.8, 4) is 5.75 Å². The molecule has 5 nitrogen and oxygen atoms in total. The fourth-order valence-electron chi connectivity index (χ4n) is 2.74. The quantitative estimate of drug-likeness (QED) is 0.565. The number of benzene rings is 2. The van der Waals surface area contributed by atoms with E-state index in [4.69, 9.17) is 9.73 Å². The fourth-order valence-corrected chi connectivity index (χ4v) is 2.74. The summed E-state index contributed by atoms with van der Waals surface area (Å²) in [6.45, 7) is 4.31. The molecule has 0 radical (unpaired) electrons. The number of ether oxygens (including phenoxy) is 1. The van der Waals surface area contributed by atoms with Gasteiger partial charge in [-0.2, -0.15) is 0 Å². The molecule has 2 rings (SSSR count). The Morgan fingerprint density at radius 1 is 1.08 bits per heavy atom. The van der Waals surface area contributed by atoms with Gasteiger partial charge in [0.1, 0.15) is 5.75 Å². The summed E-state index contributed by atoms with van der Waals surface area (Å²) < 4.78 is 5.36. The molecule has 0 aliphatic heterocycles. The molecule has 0 aromatic heterocycles. The second kappa shape index (κ2) is 10.5. The molecule has 0 saturated heterocycles. The van der Waals surface area contributed by atoms with Crippen molar-refractivity contribution in [1.29, 1.82) is 0 Å². The summed E-state index contributed by atoms with van der Waals surface area (Å²) in [4.78, 5) is 6.89. The number of rotatable bonds is 8. The predicted molar refractivity (Wildman–Crippen MR) is 109 cm³/mol. The van der Waals surface area contributed by atoms with Crippen LogP contribution in [0.15, 0.2) is 59.6 Å². The van der Waals surface area contributed by atoms with Gasteiger partial charge in [0.15, 0.2) is 5.96 Å². The fraction of sp³-hybridized carbons (Fsp3) is 0.381. The van der Waals surface area contributed by atoms with E-state index in [0.717, 1.165) is 24.8 Å². The Morgan fingerprint density at radius 2 is 1.85 bits per heavy atom. The van der Waals surface area contributed by atoms with Crippen molar-refractivity contribution in [2.24, 2.45) is 4.99 Å². The molecule has 0 spiro atoms. The Bertz CT molecular complexity index is 685. The number of hydrogen-bond acceptors (Lipinski definition) is 3. The van der Waals surface area contributed by atoms with Gasteiger partial charge in [-0.15, -0.1) is 0 Å². The highest BCUT2D eigenvalue weighted by Gasteiger charge is 2.15. The molecule has 0 aliphatic carbocycles. The first-order chi connectivity index (χ1) is 12.6. The summed E-state index contributed by atoms with van der Waals surface area (Å²) in [5.74, 6) is 1.70. The third kappa shape index (κ3) is 6.08. The van der Waals surface area contributed by atoms with Crippen molar-refractivity contribution in [1.82, 2.24) is 15.5 Å². The highest BCUT2D eigenvalue weighted by Crippen LogP contribution is 2.22. The Hall–Kier alpha value is -2.53. The molecule has 26 heavy (non-hydrogen) atoms. The van der Waals surface area contributed by atoms with Crippen LogP contribution in [0.3, 0.4) is 0 Å². The normalized spacial score (nSPS) is 12.7. The van der Waals surface area contributed by atoms with Crippen LogP contribution in [0.1, 0.15) is 24.1 Å². The first-order valence-electron chi connectivity index (χ1n) is 9.00. The number of nitrogens with one attached hydrogen (secondary N) is 2. The molecule has 1 unspecified atom stereocenters. The maximum absolute atomic E-state index is 5.36. The Labute approximate surface area is 157 Å². The molecule has 5 heteroatoms. The third-order valence-electron chi connectivity index (χ3n) is 4.17. The monoisotopic (exact) mass is 354 g/mol. The zero-order valence-corrected chi connectivity index (χ0v) is 16.2. The summed E-state index contributed by atoms with van der Waals surface area (Å²) in [7, 11) is 5.86. The first kappa shape index (κ1) is 19.8. The zero-order valence-electron chi connectivity index (χ0n) is 16.2. The van der Waals surface area contributed by atoms with Gasteiger partial charge in [0.25, 0.3) is 0 Å². The molecule has 0 heterocycles. The number of guanidine groups is 1. The molecular weight excluding hydrogens is 324 g/mol.